The second-order valence-corrected chi connectivity index (χ2v) is 10.4. The quantitative estimate of drug-likeness (QED) is 0.600. The van der Waals surface area contributed by atoms with Gasteiger partial charge in [0.25, 0.3) is 11.5 Å². The zero-order valence-electron chi connectivity index (χ0n) is 19.6. The van der Waals surface area contributed by atoms with Gasteiger partial charge in [-0.3, -0.25) is 14.3 Å². The summed E-state index contributed by atoms with van der Waals surface area (Å²) in [5, 5.41) is 2.68. The molecule has 2 atom stereocenters. The van der Waals surface area contributed by atoms with Crippen LogP contribution in [0.5, 0.6) is 0 Å². The number of sulfonamides is 1. The largest absolute Gasteiger partial charge is 0.373 e. The van der Waals surface area contributed by atoms with E-state index in [1.54, 1.807) is 30.8 Å². The number of carbonyl (C=O) groups excluding carboxylic acids is 1. The first-order chi connectivity index (χ1) is 16.1. The summed E-state index contributed by atoms with van der Waals surface area (Å²) in [6.07, 6.45) is -0.448. The van der Waals surface area contributed by atoms with E-state index >= 15 is 0 Å². The van der Waals surface area contributed by atoms with Crippen molar-refractivity contribution in [1.29, 1.82) is 0 Å². The van der Waals surface area contributed by atoms with E-state index in [-0.39, 0.29) is 47.0 Å². The Morgan fingerprint density at radius 2 is 1.68 bits per heavy atom. The van der Waals surface area contributed by atoms with Crippen molar-refractivity contribution in [2.45, 2.75) is 37.9 Å². The number of aromatic nitrogens is 2. The molecule has 0 aliphatic carbocycles. The molecule has 1 aliphatic heterocycles. The fourth-order valence-electron chi connectivity index (χ4n) is 4.17. The molecule has 3 aromatic rings. The highest BCUT2D eigenvalue weighted by atomic mass is 32.2. The Kier molecular flexibility index (Phi) is 6.48. The molecule has 0 saturated carbocycles. The predicted molar refractivity (Wildman–Crippen MR) is 129 cm³/mol. The first-order valence-electron chi connectivity index (χ1n) is 11.0. The molecule has 180 valence electrons. The molecular formula is C24H28N4O5S. The van der Waals surface area contributed by atoms with Gasteiger partial charge >= 0.3 is 0 Å². The topological polar surface area (TPSA) is 103 Å². The van der Waals surface area contributed by atoms with Crippen molar-refractivity contribution in [3.8, 4) is 5.69 Å². The number of para-hydroxylation sites is 1. The Labute approximate surface area is 198 Å². The predicted octanol–water partition coefficient (Wildman–Crippen LogP) is 2.53. The van der Waals surface area contributed by atoms with Crippen LogP contribution in [-0.2, 0) is 21.8 Å². The van der Waals surface area contributed by atoms with Crippen molar-refractivity contribution >= 4 is 21.6 Å². The number of anilines is 1. The third-order valence-corrected chi connectivity index (χ3v) is 7.74. The van der Waals surface area contributed by atoms with Crippen LogP contribution in [0, 0.1) is 6.92 Å². The highest BCUT2D eigenvalue weighted by molar-refractivity contribution is 7.89. The fraction of sp³-hybridized carbons (Fsp3) is 0.333. The van der Waals surface area contributed by atoms with E-state index in [0.29, 0.717) is 11.4 Å². The zero-order valence-corrected chi connectivity index (χ0v) is 20.4. The molecule has 10 heteroatoms. The summed E-state index contributed by atoms with van der Waals surface area (Å²) in [6.45, 7) is 5.87. The third kappa shape index (κ3) is 4.44. The lowest BCUT2D eigenvalue weighted by Crippen LogP contribution is -2.48. The maximum Gasteiger partial charge on any atom is 0.295 e. The van der Waals surface area contributed by atoms with Crippen molar-refractivity contribution in [2.24, 2.45) is 7.05 Å². The van der Waals surface area contributed by atoms with E-state index in [4.69, 9.17) is 4.74 Å². The molecule has 2 aromatic carbocycles. The Bertz CT molecular complexity index is 1370. The molecule has 1 aromatic heterocycles. The number of carbonyl (C=O) groups is 1. The van der Waals surface area contributed by atoms with E-state index in [9.17, 15) is 18.0 Å². The first kappa shape index (κ1) is 23.9. The molecule has 0 spiro atoms. The molecule has 1 fully saturated rings. The van der Waals surface area contributed by atoms with Crippen LogP contribution < -0.4 is 10.9 Å². The van der Waals surface area contributed by atoms with Crippen molar-refractivity contribution < 1.29 is 17.9 Å². The molecule has 1 saturated heterocycles. The number of rotatable bonds is 5. The van der Waals surface area contributed by atoms with Crippen LogP contribution in [0.25, 0.3) is 5.69 Å². The first-order valence-corrected chi connectivity index (χ1v) is 12.4. The number of hydrogen-bond donors (Lipinski definition) is 1. The lowest BCUT2D eigenvalue weighted by molar-refractivity contribution is -0.0440. The van der Waals surface area contributed by atoms with Crippen LogP contribution in [-0.4, -0.2) is 53.3 Å². The molecule has 0 unspecified atom stereocenters. The van der Waals surface area contributed by atoms with Crippen LogP contribution in [0.3, 0.4) is 0 Å². The van der Waals surface area contributed by atoms with Gasteiger partial charge in [-0.1, -0.05) is 24.3 Å². The van der Waals surface area contributed by atoms with Gasteiger partial charge in [-0.05, 0) is 51.1 Å². The van der Waals surface area contributed by atoms with Gasteiger partial charge < -0.3 is 10.1 Å². The monoisotopic (exact) mass is 484 g/mol. The Morgan fingerprint density at radius 3 is 2.32 bits per heavy atom. The van der Waals surface area contributed by atoms with E-state index < -0.39 is 15.9 Å². The second-order valence-electron chi connectivity index (χ2n) is 8.50. The molecule has 1 aliphatic rings. The molecule has 4 rings (SSSR count). The van der Waals surface area contributed by atoms with Gasteiger partial charge in [0.1, 0.15) is 5.69 Å². The molecule has 34 heavy (non-hydrogen) atoms. The number of hydrogen-bond acceptors (Lipinski definition) is 5. The molecule has 2 heterocycles. The van der Waals surface area contributed by atoms with Gasteiger partial charge in [-0.25, -0.2) is 13.1 Å². The van der Waals surface area contributed by atoms with E-state index in [1.807, 2.05) is 32.0 Å². The summed E-state index contributed by atoms with van der Waals surface area (Å²) in [4.78, 5) is 26.1. The summed E-state index contributed by atoms with van der Waals surface area (Å²) >= 11 is 0. The lowest BCUT2D eigenvalue weighted by atomic mass is 10.2. The summed E-state index contributed by atoms with van der Waals surface area (Å²) in [7, 11) is -2.08. The van der Waals surface area contributed by atoms with Gasteiger partial charge in [0, 0.05) is 25.7 Å². The summed E-state index contributed by atoms with van der Waals surface area (Å²) in [5.74, 6) is -0.563. The van der Waals surface area contributed by atoms with Crippen LogP contribution in [0.1, 0.15) is 29.9 Å². The van der Waals surface area contributed by atoms with Gasteiger partial charge in [-0.2, -0.15) is 4.31 Å². The molecule has 0 bridgehead atoms. The summed E-state index contributed by atoms with van der Waals surface area (Å²) in [5.41, 5.74) is 1.15. The Morgan fingerprint density at radius 1 is 1.03 bits per heavy atom. The maximum absolute atomic E-state index is 13.2. The smallest absolute Gasteiger partial charge is 0.295 e. The van der Waals surface area contributed by atoms with Gasteiger partial charge in [0.2, 0.25) is 10.0 Å². The molecular weight excluding hydrogens is 456 g/mol. The van der Waals surface area contributed by atoms with Crippen molar-refractivity contribution in [2.75, 3.05) is 18.4 Å². The average molecular weight is 485 g/mol. The average Bonchev–Trinajstić information content (AvgIpc) is 3.02. The highest BCUT2D eigenvalue weighted by Crippen LogP contribution is 2.22. The number of benzene rings is 2. The number of nitrogens with one attached hydrogen (secondary N) is 1. The van der Waals surface area contributed by atoms with Gasteiger partial charge in [0.05, 0.1) is 28.5 Å². The Balaban J connectivity index is 1.63. The van der Waals surface area contributed by atoms with Crippen molar-refractivity contribution in [1.82, 2.24) is 13.7 Å². The van der Waals surface area contributed by atoms with Crippen LogP contribution >= 0.6 is 0 Å². The van der Waals surface area contributed by atoms with E-state index in [2.05, 4.69) is 5.32 Å². The van der Waals surface area contributed by atoms with Crippen LogP contribution in [0.4, 0.5) is 5.69 Å². The SMILES string of the molecule is Cc1c(NC(=O)c2cccc(S(=O)(=O)N3C[C@@H](C)O[C@@H](C)C3)c2)c(=O)n(-c2ccccc2)n1C. The minimum Gasteiger partial charge on any atom is -0.373 e. The maximum atomic E-state index is 13.2. The van der Waals surface area contributed by atoms with Gasteiger partial charge in [0.15, 0.2) is 0 Å². The summed E-state index contributed by atoms with van der Waals surface area (Å²) < 4.78 is 36.6. The van der Waals surface area contributed by atoms with Gasteiger partial charge in [-0.15, -0.1) is 0 Å². The van der Waals surface area contributed by atoms with Crippen molar-refractivity contribution in [3.05, 3.63) is 76.2 Å². The second kappa shape index (κ2) is 9.21. The fourth-order valence-corrected chi connectivity index (χ4v) is 5.81. The molecule has 1 amide bonds. The number of nitrogens with zero attached hydrogens (tertiary/aromatic N) is 3. The summed E-state index contributed by atoms with van der Waals surface area (Å²) in [6, 6.07) is 14.9. The number of amides is 1. The minimum absolute atomic E-state index is 0.0212. The molecule has 9 nitrogen and oxygen atoms in total. The Hall–Kier alpha value is -3.21. The van der Waals surface area contributed by atoms with E-state index in [1.165, 1.54) is 33.3 Å². The minimum atomic E-state index is -3.81. The molecule has 1 N–H and O–H groups in total. The van der Waals surface area contributed by atoms with Crippen LogP contribution in [0.2, 0.25) is 0 Å². The highest BCUT2D eigenvalue weighted by Gasteiger charge is 2.32. The normalized spacial score (nSPS) is 19.2. The lowest BCUT2D eigenvalue weighted by Gasteiger charge is -2.34. The standard InChI is InChI=1S/C24H28N4O5S/c1-16-14-27(15-17(2)33-16)34(31,32)21-12-8-9-19(13-21)23(29)25-22-18(3)26(4)28(24(22)30)20-10-6-5-7-11-20/h5-13,16-17H,14-15H2,1-4H3,(H,25,29)/t16-,17+. The van der Waals surface area contributed by atoms with Crippen LogP contribution in [0.15, 0.2) is 64.3 Å². The zero-order chi connectivity index (χ0) is 24.6. The van der Waals surface area contributed by atoms with Crippen molar-refractivity contribution in [3.63, 3.8) is 0 Å². The van der Waals surface area contributed by atoms with E-state index in [0.717, 1.165) is 0 Å². The third-order valence-electron chi connectivity index (χ3n) is 5.91. The number of morpholine rings is 1. The number of ether oxygens (including phenoxy) is 1. The molecule has 0 radical (unpaired) electrons.